The predicted octanol–water partition coefficient (Wildman–Crippen LogP) is 1.51. The summed E-state index contributed by atoms with van der Waals surface area (Å²) in [6.07, 6.45) is 4.84. The van der Waals surface area contributed by atoms with Crippen LogP contribution in [0.25, 0.3) is 0 Å². The number of hydrogen-bond acceptors (Lipinski definition) is 3. The molecule has 6 atom stereocenters. The second-order valence-corrected chi connectivity index (χ2v) is 7.66. The second kappa shape index (κ2) is 4.45. The van der Waals surface area contributed by atoms with Crippen LogP contribution in [-0.4, -0.2) is 46.7 Å². The summed E-state index contributed by atoms with van der Waals surface area (Å²) in [5.74, 6) is 0.0370. The molecule has 4 rings (SSSR count). The summed E-state index contributed by atoms with van der Waals surface area (Å²) in [6, 6.07) is 0. The molecule has 2 heterocycles. The van der Waals surface area contributed by atoms with Crippen LogP contribution >= 0.6 is 0 Å². The number of hydrogen-bond donors (Lipinski definition) is 1. The first kappa shape index (κ1) is 13.6. The molecule has 0 radical (unpaired) electrons. The Kier molecular flexibility index (Phi) is 2.87. The molecule has 1 amide bonds. The molecule has 21 heavy (non-hydrogen) atoms. The minimum absolute atomic E-state index is 0.00988. The minimum atomic E-state index is -0.731. The zero-order valence-electron chi connectivity index (χ0n) is 12.5. The van der Waals surface area contributed by atoms with Crippen molar-refractivity contribution >= 4 is 11.9 Å². The van der Waals surface area contributed by atoms with E-state index in [0.29, 0.717) is 18.9 Å². The lowest BCUT2D eigenvalue weighted by molar-refractivity contribution is -0.150. The number of likely N-dealkylation sites (tertiary alicyclic amines) is 1. The van der Waals surface area contributed by atoms with Crippen molar-refractivity contribution in [2.75, 3.05) is 13.2 Å². The van der Waals surface area contributed by atoms with Gasteiger partial charge in [-0.1, -0.05) is 6.42 Å². The number of carbonyl (C=O) groups excluding carboxylic acids is 1. The molecule has 116 valence electrons. The standard InChI is InChI=1S/C16H23NO4/c1-16-4-2-3-9(6-16)7-17(16)14(18)12-5-10-11(8-21-12)13(10)15(19)20/h9-13H,2-8H2,1H3,(H,19,20)/t9-,10+,11-,12+,13+,16+/m1/s1. The summed E-state index contributed by atoms with van der Waals surface area (Å²) in [5.41, 5.74) is 0.00988. The van der Waals surface area contributed by atoms with E-state index in [0.717, 1.165) is 19.4 Å². The number of aliphatic carboxylic acids is 1. The predicted molar refractivity (Wildman–Crippen MR) is 74.5 cm³/mol. The topological polar surface area (TPSA) is 66.8 Å². The molecule has 2 saturated heterocycles. The third kappa shape index (κ3) is 2.00. The molecule has 0 aromatic heterocycles. The lowest BCUT2D eigenvalue weighted by Crippen LogP contribution is -2.50. The van der Waals surface area contributed by atoms with Gasteiger partial charge in [-0.3, -0.25) is 9.59 Å². The fourth-order valence-corrected chi connectivity index (χ4v) is 5.08. The van der Waals surface area contributed by atoms with Crippen LogP contribution in [0.4, 0.5) is 0 Å². The molecule has 2 aliphatic heterocycles. The number of carbonyl (C=O) groups is 2. The van der Waals surface area contributed by atoms with Gasteiger partial charge in [0.2, 0.25) is 0 Å². The molecular formula is C16H23NO4. The van der Waals surface area contributed by atoms with Crippen LogP contribution in [0.1, 0.15) is 39.0 Å². The van der Waals surface area contributed by atoms with E-state index in [1.807, 2.05) is 4.90 Å². The molecule has 0 aromatic rings. The molecule has 0 aromatic carbocycles. The van der Waals surface area contributed by atoms with Crippen LogP contribution in [0.2, 0.25) is 0 Å². The van der Waals surface area contributed by atoms with Crippen LogP contribution in [0.15, 0.2) is 0 Å². The molecule has 0 spiro atoms. The highest BCUT2D eigenvalue weighted by molar-refractivity contribution is 5.83. The van der Waals surface area contributed by atoms with Crippen molar-refractivity contribution < 1.29 is 19.4 Å². The van der Waals surface area contributed by atoms with Gasteiger partial charge < -0.3 is 14.7 Å². The smallest absolute Gasteiger partial charge is 0.307 e. The molecule has 0 unspecified atom stereocenters. The number of carboxylic acid groups (broad SMARTS) is 1. The van der Waals surface area contributed by atoms with Gasteiger partial charge in [-0.15, -0.1) is 0 Å². The van der Waals surface area contributed by atoms with Crippen LogP contribution in [0.3, 0.4) is 0 Å². The van der Waals surface area contributed by atoms with Gasteiger partial charge in [0.15, 0.2) is 0 Å². The number of rotatable bonds is 2. The van der Waals surface area contributed by atoms with Gasteiger partial charge in [0.1, 0.15) is 6.10 Å². The molecule has 5 nitrogen and oxygen atoms in total. The van der Waals surface area contributed by atoms with Gasteiger partial charge in [-0.25, -0.2) is 0 Å². The molecule has 5 heteroatoms. The van der Waals surface area contributed by atoms with E-state index in [1.165, 1.54) is 12.8 Å². The van der Waals surface area contributed by atoms with E-state index in [9.17, 15) is 9.59 Å². The number of amides is 1. The largest absolute Gasteiger partial charge is 0.481 e. The van der Waals surface area contributed by atoms with Gasteiger partial charge in [0.25, 0.3) is 5.91 Å². The first-order chi connectivity index (χ1) is 9.99. The van der Waals surface area contributed by atoms with Crippen molar-refractivity contribution in [1.29, 1.82) is 0 Å². The molecule has 4 fully saturated rings. The fourth-order valence-electron chi connectivity index (χ4n) is 5.08. The number of ether oxygens (including phenoxy) is 1. The van der Waals surface area contributed by atoms with Crippen LogP contribution in [0.5, 0.6) is 0 Å². The zero-order valence-corrected chi connectivity index (χ0v) is 12.5. The SMILES string of the molecule is C[C@@]12CCC[C@@H](CN1C(=O)[C@@H]1C[C@H]3[C@@H](CO1)[C@H]3C(=O)O)C2. The Morgan fingerprint density at radius 1 is 1.33 bits per heavy atom. The van der Waals surface area contributed by atoms with E-state index >= 15 is 0 Å². The Hall–Kier alpha value is -1.10. The van der Waals surface area contributed by atoms with Gasteiger partial charge in [0, 0.05) is 12.1 Å². The first-order valence-electron chi connectivity index (χ1n) is 8.15. The average molecular weight is 293 g/mol. The summed E-state index contributed by atoms with van der Waals surface area (Å²) in [4.78, 5) is 26.0. The lowest BCUT2D eigenvalue weighted by Gasteiger charge is -2.38. The van der Waals surface area contributed by atoms with Crippen LogP contribution in [0, 0.1) is 23.7 Å². The number of carboxylic acids is 1. The van der Waals surface area contributed by atoms with Crippen LogP contribution in [-0.2, 0) is 14.3 Å². The van der Waals surface area contributed by atoms with E-state index in [2.05, 4.69) is 6.92 Å². The van der Waals surface area contributed by atoms with Crippen molar-refractivity contribution in [1.82, 2.24) is 4.90 Å². The highest BCUT2D eigenvalue weighted by Gasteiger charge is 2.59. The Balaban J connectivity index is 1.45. The maximum atomic E-state index is 12.8. The molecule has 1 N–H and O–H groups in total. The quantitative estimate of drug-likeness (QED) is 0.838. The average Bonchev–Trinajstić information content (AvgIpc) is 3.12. The molecule has 4 aliphatic rings. The highest BCUT2D eigenvalue weighted by Crippen LogP contribution is 2.53. The zero-order chi connectivity index (χ0) is 14.8. The first-order valence-corrected chi connectivity index (χ1v) is 8.15. The van der Waals surface area contributed by atoms with E-state index < -0.39 is 12.1 Å². The normalized spacial score (nSPS) is 47.9. The van der Waals surface area contributed by atoms with E-state index in [-0.39, 0.29) is 29.2 Å². The summed E-state index contributed by atoms with van der Waals surface area (Å²) in [6.45, 7) is 3.50. The maximum absolute atomic E-state index is 12.8. The van der Waals surface area contributed by atoms with Gasteiger partial charge in [-0.05, 0) is 50.4 Å². The molecule has 2 bridgehead atoms. The van der Waals surface area contributed by atoms with Crippen molar-refractivity contribution in [3.05, 3.63) is 0 Å². The maximum Gasteiger partial charge on any atom is 0.307 e. The van der Waals surface area contributed by atoms with Crippen molar-refractivity contribution in [2.45, 2.75) is 50.7 Å². The van der Waals surface area contributed by atoms with Crippen molar-refractivity contribution in [3.63, 3.8) is 0 Å². The summed E-state index contributed by atoms with van der Waals surface area (Å²) in [7, 11) is 0. The summed E-state index contributed by atoms with van der Waals surface area (Å²) >= 11 is 0. The van der Waals surface area contributed by atoms with E-state index in [1.54, 1.807) is 0 Å². The van der Waals surface area contributed by atoms with Gasteiger partial charge in [-0.2, -0.15) is 0 Å². The third-order valence-corrected chi connectivity index (χ3v) is 6.28. The summed E-state index contributed by atoms with van der Waals surface area (Å²) in [5, 5.41) is 9.13. The van der Waals surface area contributed by atoms with Crippen molar-refractivity contribution in [3.8, 4) is 0 Å². The monoisotopic (exact) mass is 293 g/mol. The third-order valence-electron chi connectivity index (χ3n) is 6.28. The Bertz CT molecular complexity index is 493. The van der Waals surface area contributed by atoms with Gasteiger partial charge in [0.05, 0.1) is 12.5 Å². The molecular weight excluding hydrogens is 270 g/mol. The van der Waals surface area contributed by atoms with Crippen molar-refractivity contribution in [2.24, 2.45) is 23.7 Å². The molecule has 2 saturated carbocycles. The Morgan fingerprint density at radius 3 is 2.86 bits per heavy atom. The number of nitrogens with zero attached hydrogens (tertiary/aromatic N) is 1. The minimum Gasteiger partial charge on any atom is -0.481 e. The highest BCUT2D eigenvalue weighted by atomic mass is 16.5. The van der Waals surface area contributed by atoms with Crippen LogP contribution < -0.4 is 0 Å². The Morgan fingerprint density at radius 2 is 2.14 bits per heavy atom. The fraction of sp³-hybridized carbons (Fsp3) is 0.875. The Labute approximate surface area is 124 Å². The molecule has 2 aliphatic carbocycles. The van der Waals surface area contributed by atoms with Gasteiger partial charge >= 0.3 is 5.97 Å². The van der Waals surface area contributed by atoms with E-state index in [4.69, 9.17) is 9.84 Å². The number of fused-ring (bicyclic) bond motifs is 3. The second-order valence-electron chi connectivity index (χ2n) is 7.66. The lowest BCUT2D eigenvalue weighted by atomic mass is 9.81. The summed E-state index contributed by atoms with van der Waals surface area (Å²) < 4.78 is 5.73.